The molecule has 0 saturated heterocycles. The van der Waals surface area contributed by atoms with Gasteiger partial charge >= 0.3 is 12.2 Å². The number of nitrogens with zero attached hydrogens (tertiary/aromatic N) is 4. The summed E-state index contributed by atoms with van der Waals surface area (Å²) in [5.74, 6) is 2.28. The zero-order chi connectivity index (χ0) is 48.0. The number of aromatic amines is 2. The molecule has 15 heteroatoms. The van der Waals surface area contributed by atoms with Crippen molar-refractivity contribution in [2.75, 3.05) is 40.9 Å². The van der Waals surface area contributed by atoms with Gasteiger partial charge in [-0.15, -0.1) is 0 Å². The molecule has 4 aromatic carbocycles. The SMILES string of the molecule is CC.CCC.CCCN(C)Cc1nc2c([nH]1)COc1cc(-c3ccc4cc(-c5cnc(CN(CCC)C(=O)CNC(=O)OC)[nH]5)ccc4c3)ccc1-2.COC(=O)NC(C=O)c1ccccc1. The minimum Gasteiger partial charge on any atom is -0.487 e. The van der Waals surface area contributed by atoms with E-state index in [1.165, 1.54) is 20.6 Å². The van der Waals surface area contributed by atoms with Gasteiger partial charge in [-0.1, -0.05) is 109 Å². The van der Waals surface area contributed by atoms with E-state index in [1.54, 1.807) is 35.4 Å². The second kappa shape index (κ2) is 26.7. The standard InChI is InChI=1S/C36H41N7O4.C10H11NO3.C3H8.C2H6/c1-5-13-42(3)20-33-40-30-22-47-31-17-26(11-12-28(31)35(30)41-33)24-7-8-25-16-27(10-9-23(25)15-24)29-18-37-32(39-29)21-43(14-6-2)34(44)19-38-36(45)46-4;1-14-10(13)11-9(7-12)8-5-3-2-4-6-8;1-3-2;1-2/h7-12,15-18H,5-6,13-14,19-22H2,1-4H3,(H,37,39)(H,38,45)(H,40,41);2-7,9H,1H3,(H,11,13);3H2,1-2H3;1-2H3. The molecule has 3 heterocycles. The Labute approximate surface area is 388 Å². The Morgan fingerprint density at radius 1 is 0.803 bits per heavy atom. The third kappa shape index (κ3) is 14.5. The lowest BCUT2D eigenvalue weighted by atomic mass is 9.97. The van der Waals surface area contributed by atoms with Gasteiger partial charge in [-0.25, -0.2) is 19.6 Å². The Balaban J connectivity index is 0.000000421. The molecule has 4 N–H and O–H groups in total. The van der Waals surface area contributed by atoms with Crippen molar-refractivity contribution < 1.29 is 33.4 Å². The van der Waals surface area contributed by atoms with E-state index in [4.69, 9.17) is 9.72 Å². The molecule has 15 nitrogen and oxygen atoms in total. The smallest absolute Gasteiger partial charge is 0.407 e. The lowest BCUT2D eigenvalue weighted by Gasteiger charge is -2.21. The summed E-state index contributed by atoms with van der Waals surface area (Å²) < 4.78 is 15.1. The second-order valence-electron chi connectivity index (χ2n) is 15.3. The number of amides is 3. The van der Waals surface area contributed by atoms with Gasteiger partial charge < -0.3 is 44.5 Å². The van der Waals surface area contributed by atoms with Crippen LogP contribution in [0.2, 0.25) is 0 Å². The zero-order valence-electron chi connectivity index (χ0n) is 39.8. The topological polar surface area (TPSA) is 184 Å². The number of hydrogen-bond donors (Lipinski definition) is 4. The Hall–Kier alpha value is -7.00. The molecule has 0 spiro atoms. The molecule has 1 unspecified atom stereocenters. The molecule has 1 aliphatic heterocycles. The van der Waals surface area contributed by atoms with E-state index >= 15 is 0 Å². The number of aldehydes is 1. The molecular formula is C51H66N8O7. The summed E-state index contributed by atoms with van der Waals surface area (Å²) in [7, 11) is 4.63. The summed E-state index contributed by atoms with van der Waals surface area (Å²) in [5, 5.41) is 7.08. The molecule has 0 aliphatic carbocycles. The number of aromatic nitrogens is 4. The van der Waals surface area contributed by atoms with Crippen molar-refractivity contribution in [3.8, 4) is 39.4 Å². The number of rotatable bonds is 15. The first-order valence-corrected chi connectivity index (χ1v) is 22.6. The highest BCUT2D eigenvalue weighted by molar-refractivity contribution is 5.91. The van der Waals surface area contributed by atoms with E-state index in [9.17, 15) is 19.2 Å². The van der Waals surface area contributed by atoms with Crippen molar-refractivity contribution >= 4 is 35.2 Å². The lowest BCUT2D eigenvalue weighted by molar-refractivity contribution is -0.130. The highest BCUT2D eigenvalue weighted by Crippen LogP contribution is 2.39. The summed E-state index contributed by atoms with van der Waals surface area (Å²) in [5.41, 5.74) is 7.81. The molecule has 0 bridgehead atoms. The van der Waals surface area contributed by atoms with Crippen LogP contribution < -0.4 is 15.4 Å². The number of carbonyl (C=O) groups excluding carboxylic acids is 4. The molecular weight excluding hydrogens is 837 g/mol. The number of alkyl carbamates (subject to hydrolysis) is 2. The summed E-state index contributed by atoms with van der Waals surface area (Å²) >= 11 is 0. The fourth-order valence-electron chi connectivity index (χ4n) is 7.05. The first-order valence-electron chi connectivity index (χ1n) is 22.6. The maximum absolute atomic E-state index is 12.7. The number of methoxy groups -OCH3 is 2. The highest BCUT2D eigenvalue weighted by Gasteiger charge is 2.23. The maximum atomic E-state index is 12.7. The van der Waals surface area contributed by atoms with Crippen LogP contribution >= 0.6 is 0 Å². The zero-order valence-corrected chi connectivity index (χ0v) is 39.8. The predicted molar refractivity (Wildman–Crippen MR) is 260 cm³/mol. The fourth-order valence-corrected chi connectivity index (χ4v) is 7.05. The van der Waals surface area contributed by atoms with Gasteiger partial charge in [0.15, 0.2) is 0 Å². The van der Waals surface area contributed by atoms with Gasteiger partial charge in [0.2, 0.25) is 5.91 Å². The average molecular weight is 903 g/mol. The Bertz CT molecular complexity index is 2470. The van der Waals surface area contributed by atoms with Gasteiger partial charge in [0.1, 0.15) is 42.9 Å². The van der Waals surface area contributed by atoms with E-state index in [0.29, 0.717) is 31.8 Å². The Morgan fingerprint density at radius 2 is 1.44 bits per heavy atom. The van der Waals surface area contributed by atoms with Crippen LogP contribution in [0.5, 0.6) is 5.75 Å². The molecule has 0 saturated carbocycles. The van der Waals surface area contributed by atoms with Crippen LogP contribution in [0.15, 0.2) is 91.1 Å². The quantitative estimate of drug-likeness (QED) is 0.0724. The summed E-state index contributed by atoms with van der Waals surface area (Å²) in [6, 6.07) is 27.4. The van der Waals surface area contributed by atoms with Gasteiger partial charge in [0.05, 0.1) is 50.6 Å². The monoisotopic (exact) mass is 903 g/mol. The number of H-pyrrole nitrogens is 2. The van der Waals surface area contributed by atoms with Crippen molar-refractivity contribution in [1.29, 1.82) is 0 Å². The first-order chi connectivity index (χ1) is 32.0. The van der Waals surface area contributed by atoms with Crippen molar-refractivity contribution in [3.63, 3.8) is 0 Å². The summed E-state index contributed by atoms with van der Waals surface area (Å²) in [6.07, 6.45) is 4.33. The van der Waals surface area contributed by atoms with Crippen LogP contribution in [0, 0.1) is 0 Å². The molecule has 66 heavy (non-hydrogen) atoms. The Morgan fingerprint density at radius 3 is 2.09 bits per heavy atom. The number of hydrogen-bond acceptors (Lipinski definition) is 10. The van der Waals surface area contributed by atoms with E-state index in [1.807, 2.05) is 26.8 Å². The molecule has 7 rings (SSSR count). The van der Waals surface area contributed by atoms with Crippen molar-refractivity contribution in [2.45, 2.75) is 86.5 Å². The maximum Gasteiger partial charge on any atom is 0.407 e. The highest BCUT2D eigenvalue weighted by atomic mass is 16.5. The minimum absolute atomic E-state index is 0.130. The molecule has 3 amide bonds. The van der Waals surface area contributed by atoms with Crippen molar-refractivity contribution in [3.05, 3.63) is 114 Å². The van der Waals surface area contributed by atoms with Crippen LogP contribution in [0.25, 0.3) is 44.4 Å². The third-order valence-corrected chi connectivity index (χ3v) is 10.1. The Kier molecular flexibility index (Phi) is 20.9. The molecule has 1 atom stereocenters. The van der Waals surface area contributed by atoms with E-state index < -0.39 is 18.2 Å². The van der Waals surface area contributed by atoms with E-state index in [-0.39, 0.29) is 12.5 Å². The normalized spacial score (nSPS) is 11.4. The van der Waals surface area contributed by atoms with E-state index in [0.717, 1.165) is 93.2 Å². The molecule has 6 aromatic rings. The summed E-state index contributed by atoms with van der Waals surface area (Å²) in [4.78, 5) is 65.8. The summed E-state index contributed by atoms with van der Waals surface area (Å²) in [6.45, 7) is 15.5. The number of benzene rings is 4. The van der Waals surface area contributed by atoms with Crippen LogP contribution in [0.3, 0.4) is 0 Å². The predicted octanol–water partition coefficient (Wildman–Crippen LogP) is 9.84. The number of carbonyl (C=O) groups is 4. The lowest BCUT2D eigenvalue weighted by Crippen LogP contribution is -2.40. The van der Waals surface area contributed by atoms with Crippen molar-refractivity contribution in [2.24, 2.45) is 0 Å². The van der Waals surface area contributed by atoms with Crippen LogP contribution in [0.1, 0.15) is 89.8 Å². The number of nitrogens with one attached hydrogen (secondary N) is 4. The molecule has 0 radical (unpaired) electrons. The third-order valence-electron chi connectivity index (χ3n) is 10.1. The average Bonchev–Trinajstić information content (AvgIpc) is 4.00. The largest absolute Gasteiger partial charge is 0.487 e. The van der Waals surface area contributed by atoms with Gasteiger partial charge in [0.25, 0.3) is 0 Å². The van der Waals surface area contributed by atoms with Gasteiger partial charge in [-0.3, -0.25) is 9.69 Å². The molecule has 0 fully saturated rings. The number of fused-ring (bicyclic) bond motifs is 4. The van der Waals surface area contributed by atoms with Crippen molar-refractivity contribution in [1.82, 2.24) is 40.4 Å². The van der Waals surface area contributed by atoms with Gasteiger partial charge in [-0.2, -0.15) is 0 Å². The molecule has 1 aliphatic rings. The van der Waals surface area contributed by atoms with Gasteiger partial charge in [-0.05, 0) is 78.2 Å². The van der Waals surface area contributed by atoms with Crippen LogP contribution in [-0.4, -0.2) is 95.0 Å². The number of imidazole rings is 2. The second-order valence-corrected chi connectivity index (χ2v) is 15.3. The molecule has 2 aromatic heterocycles. The number of ether oxygens (including phenoxy) is 3. The van der Waals surface area contributed by atoms with Gasteiger partial charge in [0, 0.05) is 17.7 Å². The fraction of sp³-hybridized carbons (Fsp3) is 0.373. The van der Waals surface area contributed by atoms with Crippen LogP contribution in [0.4, 0.5) is 9.59 Å². The molecule has 352 valence electrons. The van der Waals surface area contributed by atoms with E-state index in [2.05, 4.69) is 122 Å². The minimum atomic E-state index is -0.649. The van der Waals surface area contributed by atoms with Crippen LogP contribution in [-0.2, 0) is 38.8 Å². The first kappa shape index (κ1) is 51.6.